The summed E-state index contributed by atoms with van der Waals surface area (Å²) in [6, 6.07) is 47.2. The molecule has 5 aromatic carbocycles. The molecule has 0 saturated carbocycles. The van der Waals surface area contributed by atoms with Crippen molar-refractivity contribution in [3.63, 3.8) is 0 Å². The Labute approximate surface area is 293 Å². The van der Waals surface area contributed by atoms with E-state index in [-0.39, 0.29) is 0 Å². The fraction of sp³-hybridized carbons (Fsp3) is 0.286. The molecule has 5 aromatic rings. The van der Waals surface area contributed by atoms with Gasteiger partial charge in [-0.15, -0.1) is 0 Å². The average molecular weight is 669 g/mol. The van der Waals surface area contributed by atoms with Crippen LogP contribution in [0.2, 0.25) is 0 Å². The SMILES string of the molecule is CN(C)Cc1ccc([Si](c2ccc(CN(C)C)cc2)c2ccc([Si](c3ccc(CN(C)C)cc3)c3ccc(CN(C)C)cc3)cc2)cc1. The summed E-state index contributed by atoms with van der Waals surface area (Å²) >= 11 is 0. The molecule has 0 aromatic heterocycles. The van der Waals surface area contributed by atoms with Crippen LogP contribution >= 0.6 is 0 Å². The van der Waals surface area contributed by atoms with Crippen molar-refractivity contribution in [3.8, 4) is 0 Å². The molecule has 0 N–H and O–H groups in total. The molecule has 0 fully saturated rings. The molecule has 0 unspecified atom stereocenters. The normalized spacial score (nSPS) is 12.0. The van der Waals surface area contributed by atoms with Crippen LogP contribution in [0, 0.1) is 0 Å². The van der Waals surface area contributed by atoms with Crippen molar-refractivity contribution in [1.82, 2.24) is 19.6 Å². The molecule has 0 heterocycles. The highest BCUT2D eigenvalue weighted by atomic mass is 28.3. The standard InChI is InChI=1S/C42H52N4Si2/c1-43(2)29-33-9-17-37(18-10-33)47(38-19-11-34(12-20-38)30-44(3)4)41-25-27-42(28-26-41)48(39-21-13-35(14-22-39)31-45(5)6)40-23-15-36(16-24-40)32-46(7)8/h9-28H,29-32H2,1-8H3. The molecule has 2 radical (unpaired) electrons. The van der Waals surface area contributed by atoms with Gasteiger partial charge < -0.3 is 19.6 Å². The van der Waals surface area contributed by atoms with Crippen molar-refractivity contribution in [2.24, 2.45) is 0 Å². The van der Waals surface area contributed by atoms with E-state index in [9.17, 15) is 0 Å². The van der Waals surface area contributed by atoms with Crippen LogP contribution in [0.15, 0.2) is 121 Å². The van der Waals surface area contributed by atoms with Gasteiger partial charge in [0.2, 0.25) is 0 Å². The van der Waals surface area contributed by atoms with Crippen molar-refractivity contribution in [1.29, 1.82) is 0 Å². The van der Waals surface area contributed by atoms with Crippen molar-refractivity contribution in [2.75, 3.05) is 56.4 Å². The zero-order chi connectivity index (χ0) is 34.2. The molecule has 0 saturated heterocycles. The summed E-state index contributed by atoms with van der Waals surface area (Å²) < 4.78 is 0. The minimum absolute atomic E-state index is 0.952. The molecular weight excluding hydrogens is 617 g/mol. The van der Waals surface area contributed by atoms with E-state index in [0.717, 1.165) is 26.2 Å². The molecule has 248 valence electrons. The predicted molar refractivity (Wildman–Crippen MR) is 211 cm³/mol. The van der Waals surface area contributed by atoms with Crippen LogP contribution in [0.5, 0.6) is 0 Å². The van der Waals surface area contributed by atoms with E-state index in [1.807, 2.05) is 0 Å². The highest BCUT2D eigenvalue weighted by Gasteiger charge is 2.23. The van der Waals surface area contributed by atoms with Crippen LogP contribution in [-0.2, 0) is 26.2 Å². The van der Waals surface area contributed by atoms with E-state index >= 15 is 0 Å². The summed E-state index contributed by atoms with van der Waals surface area (Å²) in [6.45, 7) is 3.81. The maximum Gasteiger partial charge on any atom is 0.154 e. The molecule has 0 spiro atoms. The van der Waals surface area contributed by atoms with Crippen molar-refractivity contribution in [2.45, 2.75) is 26.2 Å². The molecule has 0 aliphatic heterocycles. The monoisotopic (exact) mass is 668 g/mol. The first kappa shape index (κ1) is 35.7. The second-order valence-corrected chi connectivity index (χ2v) is 19.0. The fourth-order valence-corrected chi connectivity index (χ4v) is 11.4. The van der Waals surface area contributed by atoms with E-state index in [1.54, 1.807) is 0 Å². The van der Waals surface area contributed by atoms with Crippen LogP contribution in [-0.4, -0.2) is 93.6 Å². The smallest absolute Gasteiger partial charge is 0.154 e. The Balaban J connectivity index is 1.53. The Hall–Kier alpha value is -3.63. The third-order valence-electron chi connectivity index (χ3n) is 8.43. The average Bonchev–Trinajstić information content (AvgIpc) is 3.04. The molecule has 5 rings (SSSR count). The van der Waals surface area contributed by atoms with Crippen LogP contribution in [0.4, 0.5) is 0 Å². The lowest BCUT2D eigenvalue weighted by Gasteiger charge is -2.21. The van der Waals surface area contributed by atoms with Gasteiger partial charge in [0, 0.05) is 26.2 Å². The van der Waals surface area contributed by atoms with Gasteiger partial charge in [0.05, 0.1) is 0 Å². The summed E-state index contributed by atoms with van der Waals surface area (Å²) in [6.07, 6.45) is 0. The minimum atomic E-state index is -1.20. The second kappa shape index (κ2) is 16.7. The minimum Gasteiger partial charge on any atom is -0.305 e. The Morgan fingerprint density at radius 2 is 0.417 bits per heavy atom. The van der Waals surface area contributed by atoms with E-state index in [1.165, 1.54) is 53.4 Å². The number of benzene rings is 5. The predicted octanol–water partition coefficient (Wildman–Crippen LogP) is 2.97. The van der Waals surface area contributed by atoms with Gasteiger partial charge in [0.1, 0.15) is 0 Å². The van der Waals surface area contributed by atoms with E-state index in [4.69, 9.17) is 0 Å². The summed E-state index contributed by atoms with van der Waals surface area (Å²) in [4.78, 5) is 8.92. The van der Waals surface area contributed by atoms with Crippen LogP contribution < -0.4 is 31.1 Å². The van der Waals surface area contributed by atoms with Gasteiger partial charge in [-0.2, -0.15) is 0 Å². The van der Waals surface area contributed by atoms with Crippen molar-refractivity contribution < 1.29 is 0 Å². The fourth-order valence-electron chi connectivity index (χ4n) is 6.37. The maximum absolute atomic E-state index is 2.43. The van der Waals surface area contributed by atoms with E-state index in [0.29, 0.717) is 0 Å². The van der Waals surface area contributed by atoms with E-state index in [2.05, 4.69) is 197 Å². The lowest BCUT2D eigenvalue weighted by Crippen LogP contribution is -2.54. The molecule has 0 atom stereocenters. The summed E-state index contributed by atoms with van der Waals surface area (Å²) in [5, 5.41) is 8.55. The molecular formula is C42H52N4Si2. The van der Waals surface area contributed by atoms with Gasteiger partial charge in [-0.25, -0.2) is 0 Å². The topological polar surface area (TPSA) is 13.0 Å². The molecule has 0 amide bonds. The first-order valence-corrected chi connectivity index (χ1v) is 19.9. The number of nitrogens with zero attached hydrogens (tertiary/aromatic N) is 4. The van der Waals surface area contributed by atoms with Crippen molar-refractivity contribution >= 4 is 48.7 Å². The molecule has 0 bridgehead atoms. The Bertz CT molecular complexity index is 1460. The van der Waals surface area contributed by atoms with Gasteiger partial charge in [-0.1, -0.05) is 152 Å². The lowest BCUT2D eigenvalue weighted by molar-refractivity contribution is 0.402. The van der Waals surface area contributed by atoms with Gasteiger partial charge >= 0.3 is 0 Å². The molecule has 4 nitrogen and oxygen atoms in total. The van der Waals surface area contributed by atoms with Gasteiger partial charge in [0.25, 0.3) is 0 Å². The van der Waals surface area contributed by atoms with Gasteiger partial charge in [-0.05, 0) is 78.6 Å². The Morgan fingerprint density at radius 3 is 0.562 bits per heavy atom. The third kappa shape index (κ3) is 9.72. The number of rotatable bonds is 14. The Morgan fingerprint density at radius 1 is 0.271 bits per heavy atom. The van der Waals surface area contributed by atoms with Crippen LogP contribution in [0.3, 0.4) is 0 Å². The first-order valence-electron chi connectivity index (χ1n) is 16.9. The summed E-state index contributed by atoms with van der Waals surface area (Å²) in [7, 11) is 14.7. The summed E-state index contributed by atoms with van der Waals surface area (Å²) in [5.74, 6) is 0. The molecule has 0 aliphatic carbocycles. The van der Waals surface area contributed by atoms with Gasteiger partial charge in [0.15, 0.2) is 17.6 Å². The number of hydrogen-bond acceptors (Lipinski definition) is 4. The van der Waals surface area contributed by atoms with Crippen LogP contribution in [0.25, 0.3) is 0 Å². The molecule has 6 heteroatoms. The third-order valence-corrected chi connectivity index (χ3v) is 13.9. The number of hydrogen-bond donors (Lipinski definition) is 0. The quantitative estimate of drug-likeness (QED) is 0.133. The van der Waals surface area contributed by atoms with Crippen molar-refractivity contribution in [3.05, 3.63) is 144 Å². The first-order chi connectivity index (χ1) is 23.0. The summed E-state index contributed by atoms with van der Waals surface area (Å²) in [5.41, 5.74) is 5.40. The zero-order valence-corrected chi connectivity index (χ0v) is 32.2. The van der Waals surface area contributed by atoms with E-state index < -0.39 is 17.6 Å². The van der Waals surface area contributed by atoms with Gasteiger partial charge in [-0.3, -0.25) is 0 Å². The maximum atomic E-state index is 2.43. The zero-order valence-electron chi connectivity index (χ0n) is 30.2. The highest BCUT2D eigenvalue weighted by molar-refractivity contribution is 6.97. The molecule has 0 aliphatic rings. The van der Waals surface area contributed by atoms with Crippen LogP contribution in [0.1, 0.15) is 22.3 Å². The lowest BCUT2D eigenvalue weighted by atomic mass is 10.2. The highest BCUT2D eigenvalue weighted by Crippen LogP contribution is 2.07. The Kier molecular flexibility index (Phi) is 12.4. The largest absolute Gasteiger partial charge is 0.305 e. The second-order valence-electron chi connectivity index (χ2n) is 14.1. The molecule has 48 heavy (non-hydrogen) atoms.